The minimum absolute atomic E-state index is 0.302. The molecule has 4 heteroatoms. The van der Waals surface area contributed by atoms with Gasteiger partial charge in [0, 0.05) is 0 Å². The second-order valence-corrected chi connectivity index (χ2v) is 3.20. The van der Waals surface area contributed by atoms with Gasteiger partial charge in [-0.25, -0.2) is 4.39 Å². The highest BCUT2D eigenvalue weighted by Crippen LogP contribution is 2.17. The van der Waals surface area contributed by atoms with E-state index in [0.29, 0.717) is 11.3 Å². The van der Waals surface area contributed by atoms with Gasteiger partial charge in [0.1, 0.15) is 11.9 Å². The van der Waals surface area contributed by atoms with Crippen molar-refractivity contribution in [3.63, 3.8) is 0 Å². The first-order chi connectivity index (χ1) is 6.52. The summed E-state index contributed by atoms with van der Waals surface area (Å²) in [7, 11) is 0. The monoisotopic (exact) mass is 196 g/mol. The number of primary amides is 1. The van der Waals surface area contributed by atoms with Crippen molar-refractivity contribution in [2.45, 2.75) is 19.9 Å². The molecule has 14 heavy (non-hydrogen) atoms. The molecular formula is C10H13FN2O. The number of carbonyl (C=O) groups excluding carboxylic acids is 1. The number of carbonyl (C=O) groups is 1. The Labute approximate surface area is 82.1 Å². The van der Waals surface area contributed by atoms with Gasteiger partial charge in [-0.15, -0.1) is 0 Å². The van der Waals surface area contributed by atoms with E-state index < -0.39 is 11.9 Å². The molecule has 1 atom stereocenters. The number of benzene rings is 1. The second-order valence-electron chi connectivity index (χ2n) is 3.20. The van der Waals surface area contributed by atoms with E-state index in [1.165, 1.54) is 0 Å². The summed E-state index contributed by atoms with van der Waals surface area (Å²) in [5, 5.41) is 2.70. The molecule has 1 aromatic rings. The van der Waals surface area contributed by atoms with Gasteiger partial charge in [-0.3, -0.25) is 4.79 Å². The number of amides is 1. The SMILES string of the molecule is Cc1cccc(NC(C)C(N)=O)c1F. The number of nitrogens with two attached hydrogens (primary N) is 1. The number of nitrogens with one attached hydrogen (secondary N) is 1. The van der Waals surface area contributed by atoms with Crippen LogP contribution in [0.1, 0.15) is 12.5 Å². The standard InChI is InChI=1S/C10H13FN2O/c1-6-4-3-5-8(9(6)11)13-7(2)10(12)14/h3-5,7,13H,1-2H3,(H2,12,14). The summed E-state index contributed by atoms with van der Waals surface area (Å²) in [5.41, 5.74) is 5.88. The van der Waals surface area contributed by atoms with E-state index in [9.17, 15) is 9.18 Å². The maximum Gasteiger partial charge on any atom is 0.239 e. The Bertz CT molecular complexity index is 352. The Hall–Kier alpha value is -1.58. The van der Waals surface area contributed by atoms with Gasteiger partial charge in [0.2, 0.25) is 5.91 Å². The molecular weight excluding hydrogens is 183 g/mol. The van der Waals surface area contributed by atoms with Crippen LogP contribution in [0.2, 0.25) is 0 Å². The zero-order chi connectivity index (χ0) is 10.7. The summed E-state index contributed by atoms with van der Waals surface area (Å²) in [6, 6.07) is 4.37. The van der Waals surface area contributed by atoms with Gasteiger partial charge in [0.25, 0.3) is 0 Å². The van der Waals surface area contributed by atoms with Crippen molar-refractivity contribution in [3.05, 3.63) is 29.6 Å². The van der Waals surface area contributed by atoms with Gasteiger partial charge in [-0.2, -0.15) is 0 Å². The van der Waals surface area contributed by atoms with Gasteiger partial charge in [-0.05, 0) is 25.5 Å². The summed E-state index contributed by atoms with van der Waals surface area (Å²) < 4.78 is 13.4. The Morgan fingerprint density at radius 3 is 2.79 bits per heavy atom. The number of halogens is 1. The first-order valence-electron chi connectivity index (χ1n) is 4.33. The topological polar surface area (TPSA) is 55.1 Å². The smallest absolute Gasteiger partial charge is 0.239 e. The lowest BCUT2D eigenvalue weighted by Gasteiger charge is -2.12. The highest BCUT2D eigenvalue weighted by molar-refractivity contribution is 5.82. The van der Waals surface area contributed by atoms with Crippen LogP contribution in [0.5, 0.6) is 0 Å². The highest BCUT2D eigenvalue weighted by Gasteiger charge is 2.11. The predicted molar refractivity (Wildman–Crippen MR) is 53.4 cm³/mol. The third-order valence-corrected chi connectivity index (χ3v) is 1.99. The van der Waals surface area contributed by atoms with Crippen molar-refractivity contribution in [2.24, 2.45) is 5.73 Å². The average Bonchev–Trinajstić information content (AvgIpc) is 2.12. The molecule has 1 amide bonds. The fourth-order valence-electron chi connectivity index (χ4n) is 1.06. The van der Waals surface area contributed by atoms with Crippen molar-refractivity contribution < 1.29 is 9.18 Å². The normalized spacial score (nSPS) is 12.2. The van der Waals surface area contributed by atoms with Gasteiger partial charge in [0.05, 0.1) is 5.69 Å². The molecule has 0 aliphatic carbocycles. The highest BCUT2D eigenvalue weighted by atomic mass is 19.1. The van der Waals surface area contributed by atoms with E-state index in [-0.39, 0.29) is 5.82 Å². The average molecular weight is 196 g/mol. The molecule has 1 rings (SSSR count). The first kappa shape index (κ1) is 10.5. The Morgan fingerprint density at radius 2 is 2.21 bits per heavy atom. The molecule has 0 aromatic heterocycles. The molecule has 0 aliphatic rings. The molecule has 76 valence electrons. The molecule has 1 unspecified atom stereocenters. The molecule has 0 radical (unpaired) electrons. The van der Waals surface area contributed by atoms with Crippen LogP contribution in [0.4, 0.5) is 10.1 Å². The second kappa shape index (κ2) is 4.09. The maximum atomic E-state index is 13.4. The van der Waals surface area contributed by atoms with E-state index in [4.69, 9.17) is 5.73 Å². The Balaban J connectivity index is 2.87. The minimum atomic E-state index is -0.578. The zero-order valence-corrected chi connectivity index (χ0v) is 8.17. The molecule has 0 aliphatic heterocycles. The van der Waals surface area contributed by atoms with Crippen molar-refractivity contribution in [2.75, 3.05) is 5.32 Å². The summed E-state index contributed by atoms with van der Waals surface area (Å²) in [6.45, 7) is 3.25. The van der Waals surface area contributed by atoms with Crippen LogP contribution in [0, 0.1) is 12.7 Å². The largest absolute Gasteiger partial charge is 0.372 e. The molecule has 0 fully saturated rings. The Kier molecular flexibility index (Phi) is 3.06. The third-order valence-electron chi connectivity index (χ3n) is 1.99. The van der Waals surface area contributed by atoms with E-state index >= 15 is 0 Å². The lowest BCUT2D eigenvalue weighted by atomic mass is 10.2. The van der Waals surface area contributed by atoms with Crippen LogP contribution in [0.15, 0.2) is 18.2 Å². The first-order valence-corrected chi connectivity index (χ1v) is 4.33. The summed E-state index contributed by atoms with van der Waals surface area (Å²) in [6.07, 6.45) is 0. The maximum absolute atomic E-state index is 13.4. The number of rotatable bonds is 3. The third kappa shape index (κ3) is 2.22. The van der Waals surface area contributed by atoms with Crippen LogP contribution in [0.3, 0.4) is 0 Å². The van der Waals surface area contributed by atoms with Crippen molar-refractivity contribution in [1.29, 1.82) is 0 Å². The molecule has 1 aromatic carbocycles. The Morgan fingerprint density at radius 1 is 1.57 bits per heavy atom. The number of hydrogen-bond acceptors (Lipinski definition) is 2. The van der Waals surface area contributed by atoms with Gasteiger partial charge in [0.15, 0.2) is 0 Å². The van der Waals surface area contributed by atoms with Crippen LogP contribution in [-0.2, 0) is 4.79 Å². The van der Waals surface area contributed by atoms with Gasteiger partial charge in [-0.1, -0.05) is 12.1 Å². The predicted octanol–water partition coefficient (Wildman–Crippen LogP) is 1.42. The van der Waals surface area contributed by atoms with Crippen LogP contribution in [-0.4, -0.2) is 11.9 Å². The summed E-state index contributed by atoms with van der Waals surface area (Å²) in [4.78, 5) is 10.7. The van der Waals surface area contributed by atoms with Gasteiger partial charge >= 0.3 is 0 Å². The van der Waals surface area contributed by atoms with E-state index in [1.54, 1.807) is 32.0 Å². The van der Waals surface area contributed by atoms with Crippen molar-refractivity contribution in [1.82, 2.24) is 0 Å². The molecule has 3 N–H and O–H groups in total. The van der Waals surface area contributed by atoms with Crippen molar-refractivity contribution >= 4 is 11.6 Å². The molecule has 0 bridgehead atoms. The van der Waals surface area contributed by atoms with Crippen LogP contribution >= 0.6 is 0 Å². The minimum Gasteiger partial charge on any atom is -0.372 e. The van der Waals surface area contributed by atoms with E-state index in [2.05, 4.69) is 5.32 Å². The zero-order valence-electron chi connectivity index (χ0n) is 8.17. The van der Waals surface area contributed by atoms with Crippen LogP contribution in [0.25, 0.3) is 0 Å². The molecule has 0 spiro atoms. The van der Waals surface area contributed by atoms with Gasteiger partial charge < -0.3 is 11.1 Å². The number of hydrogen-bond donors (Lipinski definition) is 2. The molecule has 3 nitrogen and oxygen atoms in total. The summed E-state index contributed by atoms with van der Waals surface area (Å²) >= 11 is 0. The fraction of sp³-hybridized carbons (Fsp3) is 0.300. The van der Waals surface area contributed by atoms with E-state index in [1.807, 2.05) is 0 Å². The lowest BCUT2D eigenvalue weighted by molar-refractivity contribution is -0.118. The molecule has 0 heterocycles. The number of aryl methyl sites for hydroxylation is 1. The van der Waals surface area contributed by atoms with Crippen LogP contribution < -0.4 is 11.1 Å². The molecule has 0 saturated carbocycles. The lowest BCUT2D eigenvalue weighted by Crippen LogP contribution is -2.32. The fourth-order valence-corrected chi connectivity index (χ4v) is 1.06. The summed E-state index contributed by atoms with van der Waals surface area (Å²) in [5.74, 6) is -0.855. The van der Waals surface area contributed by atoms with E-state index in [0.717, 1.165) is 0 Å². The van der Waals surface area contributed by atoms with Crippen molar-refractivity contribution in [3.8, 4) is 0 Å². The quantitative estimate of drug-likeness (QED) is 0.768. The molecule has 0 saturated heterocycles. The number of anilines is 1.